The van der Waals surface area contributed by atoms with Gasteiger partial charge in [0.2, 0.25) is 0 Å². The summed E-state index contributed by atoms with van der Waals surface area (Å²) >= 11 is 0. The van der Waals surface area contributed by atoms with Crippen LogP contribution in [0, 0.1) is 0 Å². The Morgan fingerprint density at radius 2 is 1.70 bits per heavy atom. The maximum atomic E-state index is 10.4. The fourth-order valence-electron chi connectivity index (χ4n) is 1.84. The lowest BCUT2D eigenvalue weighted by atomic mass is 10.2. The molecule has 0 aliphatic carbocycles. The van der Waals surface area contributed by atoms with E-state index in [1.165, 1.54) is 5.56 Å². The van der Waals surface area contributed by atoms with E-state index in [1.54, 1.807) is 6.07 Å². The third-order valence-corrected chi connectivity index (χ3v) is 2.76. The minimum absolute atomic E-state index is 0.319. The van der Waals surface area contributed by atoms with Crippen LogP contribution in [0.4, 0.5) is 0 Å². The van der Waals surface area contributed by atoms with Crippen molar-refractivity contribution in [2.24, 2.45) is 0 Å². The first-order chi connectivity index (χ1) is 9.74. The lowest BCUT2D eigenvalue weighted by molar-refractivity contribution is -0.139. The molecule has 0 bridgehead atoms. The minimum atomic E-state index is -0.974. The van der Waals surface area contributed by atoms with Crippen molar-refractivity contribution < 1.29 is 14.6 Å². The quantitative estimate of drug-likeness (QED) is 0.812. The van der Waals surface area contributed by atoms with Gasteiger partial charge in [0.25, 0.3) is 0 Å². The van der Waals surface area contributed by atoms with Crippen LogP contribution in [0.2, 0.25) is 0 Å². The van der Waals surface area contributed by atoms with Gasteiger partial charge in [0.1, 0.15) is 5.75 Å². The molecule has 0 fully saturated rings. The molecule has 0 spiro atoms. The third-order valence-electron chi connectivity index (χ3n) is 2.76. The van der Waals surface area contributed by atoms with Gasteiger partial charge < -0.3 is 15.2 Å². The molecule has 104 valence electrons. The van der Waals surface area contributed by atoms with E-state index in [2.05, 4.69) is 17.4 Å². The molecule has 0 saturated heterocycles. The van der Waals surface area contributed by atoms with Gasteiger partial charge in [-0.1, -0.05) is 42.5 Å². The Morgan fingerprint density at radius 3 is 2.45 bits per heavy atom. The number of hydrogen-bond acceptors (Lipinski definition) is 3. The van der Waals surface area contributed by atoms with Gasteiger partial charge in [0, 0.05) is 13.1 Å². The predicted molar refractivity (Wildman–Crippen MR) is 76.6 cm³/mol. The van der Waals surface area contributed by atoms with E-state index in [0.717, 1.165) is 12.1 Å². The van der Waals surface area contributed by atoms with Crippen molar-refractivity contribution in [2.75, 3.05) is 6.61 Å². The highest BCUT2D eigenvalue weighted by atomic mass is 16.5. The van der Waals surface area contributed by atoms with Crippen LogP contribution in [0.3, 0.4) is 0 Å². The van der Waals surface area contributed by atoms with Gasteiger partial charge in [-0.2, -0.15) is 0 Å². The van der Waals surface area contributed by atoms with E-state index in [1.807, 2.05) is 36.4 Å². The number of ether oxygens (including phenoxy) is 1. The van der Waals surface area contributed by atoms with Gasteiger partial charge in [-0.15, -0.1) is 0 Å². The minimum Gasteiger partial charge on any atom is -0.482 e. The Bertz CT molecular complexity index is 555. The van der Waals surface area contributed by atoms with E-state index >= 15 is 0 Å². The highest BCUT2D eigenvalue weighted by molar-refractivity contribution is 5.68. The first-order valence-corrected chi connectivity index (χ1v) is 6.42. The molecule has 0 saturated carbocycles. The molecule has 0 atom stereocenters. The summed E-state index contributed by atoms with van der Waals surface area (Å²) in [5.74, 6) is -0.399. The SMILES string of the molecule is O=C(O)COc1cccc(CNCc2ccccc2)c1. The van der Waals surface area contributed by atoms with Crippen molar-refractivity contribution >= 4 is 5.97 Å². The van der Waals surface area contributed by atoms with Gasteiger partial charge in [0.15, 0.2) is 6.61 Å². The molecule has 2 aromatic carbocycles. The van der Waals surface area contributed by atoms with Crippen molar-refractivity contribution in [1.82, 2.24) is 5.32 Å². The van der Waals surface area contributed by atoms with E-state index in [-0.39, 0.29) is 6.61 Å². The zero-order valence-corrected chi connectivity index (χ0v) is 11.1. The Morgan fingerprint density at radius 1 is 1.00 bits per heavy atom. The zero-order valence-electron chi connectivity index (χ0n) is 11.1. The van der Waals surface area contributed by atoms with Gasteiger partial charge in [-0.3, -0.25) is 0 Å². The zero-order chi connectivity index (χ0) is 14.2. The smallest absolute Gasteiger partial charge is 0.341 e. The molecule has 0 amide bonds. The Balaban J connectivity index is 1.83. The molecule has 2 rings (SSSR count). The lowest BCUT2D eigenvalue weighted by Gasteiger charge is -2.08. The topological polar surface area (TPSA) is 58.6 Å². The summed E-state index contributed by atoms with van der Waals surface area (Å²) in [7, 11) is 0. The maximum Gasteiger partial charge on any atom is 0.341 e. The average molecular weight is 271 g/mol. The molecular weight excluding hydrogens is 254 g/mol. The summed E-state index contributed by atoms with van der Waals surface area (Å²) < 4.78 is 5.15. The molecule has 2 N–H and O–H groups in total. The number of carboxylic acids is 1. The Kier molecular flexibility index (Phi) is 5.15. The summed E-state index contributed by atoms with van der Waals surface area (Å²) in [6.45, 7) is 1.18. The highest BCUT2D eigenvalue weighted by Gasteiger charge is 2.00. The van der Waals surface area contributed by atoms with Crippen LogP contribution in [-0.4, -0.2) is 17.7 Å². The van der Waals surface area contributed by atoms with Crippen LogP contribution in [0.15, 0.2) is 54.6 Å². The standard InChI is InChI=1S/C16H17NO3/c18-16(19)12-20-15-8-4-7-14(9-15)11-17-10-13-5-2-1-3-6-13/h1-9,17H,10-12H2,(H,18,19). The van der Waals surface area contributed by atoms with E-state index < -0.39 is 5.97 Å². The molecule has 20 heavy (non-hydrogen) atoms. The van der Waals surface area contributed by atoms with E-state index in [9.17, 15) is 4.79 Å². The summed E-state index contributed by atoms with van der Waals surface area (Å²) in [6.07, 6.45) is 0. The second kappa shape index (κ2) is 7.31. The van der Waals surface area contributed by atoms with Gasteiger partial charge in [0.05, 0.1) is 0 Å². The first-order valence-electron chi connectivity index (χ1n) is 6.42. The summed E-state index contributed by atoms with van der Waals surface area (Å²) in [5.41, 5.74) is 2.29. The van der Waals surface area contributed by atoms with Crippen LogP contribution in [0.5, 0.6) is 5.75 Å². The molecule has 0 aliphatic rings. The number of hydrogen-bond donors (Lipinski definition) is 2. The number of nitrogens with one attached hydrogen (secondary N) is 1. The molecule has 4 nitrogen and oxygen atoms in total. The Labute approximate surface area is 118 Å². The predicted octanol–water partition coefficient (Wildman–Crippen LogP) is 2.44. The average Bonchev–Trinajstić information content (AvgIpc) is 2.47. The van der Waals surface area contributed by atoms with Crippen molar-refractivity contribution in [1.29, 1.82) is 0 Å². The van der Waals surface area contributed by atoms with Gasteiger partial charge in [-0.05, 0) is 23.3 Å². The van der Waals surface area contributed by atoms with Crippen LogP contribution < -0.4 is 10.1 Å². The molecule has 0 radical (unpaired) electrons. The van der Waals surface area contributed by atoms with Crippen LogP contribution >= 0.6 is 0 Å². The summed E-state index contributed by atoms with van der Waals surface area (Å²) in [4.78, 5) is 10.4. The third kappa shape index (κ3) is 4.74. The van der Waals surface area contributed by atoms with Crippen molar-refractivity contribution in [2.45, 2.75) is 13.1 Å². The Hall–Kier alpha value is -2.33. The van der Waals surface area contributed by atoms with E-state index in [0.29, 0.717) is 12.3 Å². The fourth-order valence-corrected chi connectivity index (χ4v) is 1.84. The second-order valence-electron chi connectivity index (χ2n) is 4.42. The monoisotopic (exact) mass is 271 g/mol. The number of aliphatic carboxylic acids is 1. The van der Waals surface area contributed by atoms with Crippen LogP contribution in [0.25, 0.3) is 0 Å². The highest BCUT2D eigenvalue weighted by Crippen LogP contribution is 2.13. The molecule has 0 heterocycles. The van der Waals surface area contributed by atoms with Crippen molar-refractivity contribution in [3.63, 3.8) is 0 Å². The van der Waals surface area contributed by atoms with Crippen LogP contribution in [0.1, 0.15) is 11.1 Å². The lowest BCUT2D eigenvalue weighted by Crippen LogP contribution is -2.13. The van der Waals surface area contributed by atoms with Gasteiger partial charge >= 0.3 is 5.97 Å². The number of rotatable bonds is 7. The van der Waals surface area contributed by atoms with E-state index in [4.69, 9.17) is 9.84 Å². The molecule has 0 unspecified atom stereocenters. The van der Waals surface area contributed by atoms with Crippen molar-refractivity contribution in [3.8, 4) is 5.75 Å². The van der Waals surface area contributed by atoms with Crippen molar-refractivity contribution in [3.05, 3.63) is 65.7 Å². The summed E-state index contributed by atoms with van der Waals surface area (Å²) in [5, 5.41) is 11.9. The molecule has 0 aromatic heterocycles. The molecule has 2 aromatic rings. The maximum absolute atomic E-state index is 10.4. The number of carboxylic acid groups (broad SMARTS) is 1. The molecule has 0 aliphatic heterocycles. The second-order valence-corrected chi connectivity index (χ2v) is 4.42. The molecule has 4 heteroatoms. The fraction of sp³-hybridized carbons (Fsp3) is 0.188. The number of carbonyl (C=O) groups is 1. The number of benzene rings is 2. The van der Waals surface area contributed by atoms with Gasteiger partial charge in [-0.25, -0.2) is 4.79 Å². The molecular formula is C16H17NO3. The normalized spacial score (nSPS) is 10.2. The van der Waals surface area contributed by atoms with Crippen LogP contribution in [-0.2, 0) is 17.9 Å². The largest absolute Gasteiger partial charge is 0.482 e. The first kappa shape index (κ1) is 14.1. The summed E-state index contributed by atoms with van der Waals surface area (Å²) in [6, 6.07) is 17.6.